The minimum atomic E-state index is -0.170. The highest BCUT2D eigenvalue weighted by molar-refractivity contribution is 5.92. The summed E-state index contributed by atoms with van der Waals surface area (Å²) >= 11 is 0. The topological polar surface area (TPSA) is 6.48 Å². The molecule has 15 rings (SSSR count). The molecule has 1 fully saturated rings. The highest BCUT2D eigenvalue weighted by Crippen LogP contribution is 2.53. The minimum absolute atomic E-state index is 0.170. The van der Waals surface area contributed by atoms with Crippen molar-refractivity contribution in [2.75, 3.05) is 9.80 Å². The van der Waals surface area contributed by atoms with E-state index >= 15 is 0 Å². The second-order valence-corrected chi connectivity index (χ2v) is 20.2. The van der Waals surface area contributed by atoms with Crippen LogP contribution in [0.5, 0.6) is 0 Å². The maximum absolute atomic E-state index is 2.59. The molecule has 0 saturated heterocycles. The van der Waals surface area contributed by atoms with E-state index in [1.807, 2.05) is 0 Å². The summed E-state index contributed by atoms with van der Waals surface area (Å²) in [6, 6.07) is 80.4. The van der Waals surface area contributed by atoms with Gasteiger partial charge in [-0.25, -0.2) is 0 Å². The molecule has 0 spiro atoms. The fourth-order valence-corrected chi connectivity index (χ4v) is 11.9. The smallest absolute Gasteiger partial charge is 0.0540 e. The highest BCUT2D eigenvalue weighted by Gasteiger charge is 2.37. The first kappa shape index (κ1) is 42.9. The summed E-state index contributed by atoms with van der Waals surface area (Å²) in [4.78, 5) is 5.10. The van der Waals surface area contributed by atoms with Crippen LogP contribution in [0.15, 0.2) is 212 Å². The third-order valence-electron chi connectivity index (χ3n) is 15.6. The van der Waals surface area contributed by atoms with Crippen molar-refractivity contribution < 1.29 is 0 Å². The van der Waals surface area contributed by atoms with E-state index in [9.17, 15) is 0 Å². The normalized spacial score (nSPS) is 14.9. The van der Waals surface area contributed by atoms with Crippen LogP contribution in [0.3, 0.4) is 0 Å². The Morgan fingerprint density at radius 2 is 0.942 bits per heavy atom. The van der Waals surface area contributed by atoms with E-state index in [1.54, 1.807) is 0 Å². The molecule has 2 heteroatoms. The summed E-state index contributed by atoms with van der Waals surface area (Å²) in [5.41, 5.74) is 24.4. The Morgan fingerprint density at radius 1 is 0.362 bits per heavy atom. The van der Waals surface area contributed by atoms with E-state index in [1.165, 1.54) is 139 Å². The first-order chi connectivity index (χ1) is 34.0. The van der Waals surface area contributed by atoms with Gasteiger partial charge in [-0.1, -0.05) is 185 Å². The summed E-state index contributed by atoms with van der Waals surface area (Å²) in [6.07, 6.45) is 10.4. The van der Waals surface area contributed by atoms with Gasteiger partial charge in [0.1, 0.15) is 0 Å². The van der Waals surface area contributed by atoms with Crippen molar-refractivity contribution in [3.05, 3.63) is 251 Å². The van der Waals surface area contributed by atoms with Gasteiger partial charge >= 0.3 is 0 Å². The van der Waals surface area contributed by atoms with Crippen LogP contribution in [-0.4, -0.2) is 0 Å². The molecule has 6 aliphatic rings. The average molecular weight is 893 g/mol. The average Bonchev–Trinajstić information content (AvgIpc) is 3.63. The number of hydrogen-bond acceptors (Lipinski definition) is 2. The summed E-state index contributed by atoms with van der Waals surface area (Å²) in [5, 5.41) is 0. The van der Waals surface area contributed by atoms with Gasteiger partial charge < -0.3 is 9.80 Å². The van der Waals surface area contributed by atoms with Gasteiger partial charge in [0.15, 0.2) is 0 Å². The monoisotopic (exact) mass is 892 g/mol. The number of benzene rings is 9. The fraction of sp³-hybridized carbons (Fsp3) is 0.194. The number of para-hydroxylation sites is 2. The molecule has 0 unspecified atom stereocenters. The Bertz CT molecular complexity index is 3270. The number of rotatable bonds is 9. The number of aryl methyl sites for hydroxylation is 4. The molecule has 338 valence electrons. The molecule has 0 atom stereocenters. The van der Waals surface area contributed by atoms with E-state index in [0.29, 0.717) is 5.92 Å². The Kier molecular flexibility index (Phi) is 11.3. The van der Waals surface area contributed by atoms with E-state index in [4.69, 9.17) is 0 Å². The Morgan fingerprint density at radius 3 is 1.62 bits per heavy atom. The molecule has 0 amide bonds. The van der Waals surface area contributed by atoms with Crippen LogP contribution in [-0.2, 0) is 31.1 Å². The van der Waals surface area contributed by atoms with Crippen molar-refractivity contribution in [2.24, 2.45) is 0 Å². The van der Waals surface area contributed by atoms with Crippen LogP contribution in [0.1, 0.15) is 90.8 Å². The molecule has 4 bridgehead atoms. The van der Waals surface area contributed by atoms with Gasteiger partial charge in [-0.15, -0.1) is 0 Å². The van der Waals surface area contributed by atoms with Crippen LogP contribution in [0.4, 0.5) is 34.1 Å². The summed E-state index contributed by atoms with van der Waals surface area (Å²) in [7, 11) is 0. The molecule has 0 heterocycles. The third kappa shape index (κ3) is 8.16. The predicted molar refractivity (Wildman–Crippen MR) is 291 cm³/mol. The molecular weight excluding hydrogens is 833 g/mol. The molecule has 0 radical (unpaired) electrons. The van der Waals surface area contributed by atoms with Crippen molar-refractivity contribution >= 4 is 34.1 Å². The SMILES string of the molecule is CC1(C)c2ccc(-c3ccccc3)cc2-c2ccc(N(c3cc4ccc3CCc3ccc(c(N(c5ccccc5)c5ccc(C6CCCCC6)cc5)c3)CC4)c3ccccc3-c3ccccc3)cc21. The van der Waals surface area contributed by atoms with Gasteiger partial charge in [-0.3, -0.25) is 0 Å². The molecule has 6 aliphatic carbocycles. The maximum Gasteiger partial charge on any atom is 0.0540 e. The molecule has 9 aromatic rings. The number of hydrogen-bond donors (Lipinski definition) is 0. The van der Waals surface area contributed by atoms with Crippen LogP contribution >= 0.6 is 0 Å². The lowest BCUT2D eigenvalue weighted by atomic mass is 9.82. The van der Waals surface area contributed by atoms with Gasteiger partial charge in [0.2, 0.25) is 0 Å². The van der Waals surface area contributed by atoms with Crippen LogP contribution in [0, 0.1) is 0 Å². The zero-order valence-corrected chi connectivity index (χ0v) is 40.0. The van der Waals surface area contributed by atoms with Crippen molar-refractivity contribution in [2.45, 2.75) is 83.0 Å². The minimum Gasteiger partial charge on any atom is -0.310 e. The lowest BCUT2D eigenvalue weighted by Gasteiger charge is -2.32. The van der Waals surface area contributed by atoms with Crippen molar-refractivity contribution in [1.82, 2.24) is 0 Å². The standard InChI is InChI=1S/C67H60N2/c1-67(2)62-42-37-55(50-19-9-4-10-20-50)45-61(62)60-41-40-58(46-63(60)67)69(64-26-16-15-25-59(64)52-21-11-5-12-22-52)66-44-48-28-32-53-31-27-47(29-33-54(66)34-30-48)43-65(53)68(56-23-13-6-14-24-56)57-38-35-51(36-39-57)49-17-7-3-8-18-49/h4-6,9-16,19-27,30-31,34-46,49H,3,7-8,17-18,28-29,32-33H2,1-2H3. The zero-order valence-electron chi connectivity index (χ0n) is 40.0. The first-order valence-corrected chi connectivity index (χ1v) is 25.4. The van der Waals surface area contributed by atoms with Crippen LogP contribution < -0.4 is 9.80 Å². The Labute approximate surface area is 409 Å². The molecular formula is C67H60N2. The number of anilines is 6. The fourth-order valence-electron chi connectivity index (χ4n) is 11.9. The van der Waals surface area contributed by atoms with E-state index in [-0.39, 0.29) is 5.41 Å². The van der Waals surface area contributed by atoms with Gasteiger partial charge in [0, 0.05) is 39.4 Å². The third-order valence-corrected chi connectivity index (χ3v) is 15.6. The molecule has 1 saturated carbocycles. The Balaban J connectivity index is 0.955. The molecule has 2 nitrogen and oxygen atoms in total. The van der Waals surface area contributed by atoms with Crippen molar-refractivity contribution in [1.29, 1.82) is 0 Å². The molecule has 0 aromatic heterocycles. The van der Waals surface area contributed by atoms with Gasteiger partial charge in [-0.05, 0) is 172 Å². The Hall–Kier alpha value is -7.42. The molecule has 0 N–H and O–H groups in total. The number of fused-ring (bicyclic) bond motifs is 3. The lowest BCUT2D eigenvalue weighted by molar-refractivity contribution is 0.443. The van der Waals surface area contributed by atoms with Gasteiger partial charge in [-0.2, -0.15) is 0 Å². The second-order valence-electron chi connectivity index (χ2n) is 20.2. The summed E-state index contributed by atoms with van der Waals surface area (Å²) in [6.45, 7) is 4.81. The van der Waals surface area contributed by atoms with E-state index in [0.717, 1.165) is 25.7 Å². The van der Waals surface area contributed by atoms with Gasteiger partial charge in [0.05, 0.1) is 5.69 Å². The first-order valence-electron chi connectivity index (χ1n) is 25.4. The highest BCUT2D eigenvalue weighted by atomic mass is 15.2. The van der Waals surface area contributed by atoms with Crippen LogP contribution in [0.25, 0.3) is 33.4 Å². The lowest BCUT2D eigenvalue weighted by Crippen LogP contribution is -2.18. The maximum atomic E-state index is 2.59. The van der Waals surface area contributed by atoms with Gasteiger partial charge in [0.25, 0.3) is 0 Å². The summed E-state index contributed by atoms with van der Waals surface area (Å²) < 4.78 is 0. The van der Waals surface area contributed by atoms with Crippen molar-refractivity contribution in [3.63, 3.8) is 0 Å². The van der Waals surface area contributed by atoms with E-state index < -0.39 is 0 Å². The zero-order chi connectivity index (χ0) is 46.3. The van der Waals surface area contributed by atoms with Crippen molar-refractivity contribution in [3.8, 4) is 33.4 Å². The molecule has 69 heavy (non-hydrogen) atoms. The molecule has 0 aliphatic heterocycles. The molecule has 9 aromatic carbocycles. The van der Waals surface area contributed by atoms with Crippen LogP contribution in [0.2, 0.25) is 0 Å². The largest absolute Gasteiger partial charge is 0.310 e. The summed E-state index contributed by atoms with van der Waals surface area (Å²) in [5.74, 6) is 0.682. The van der Waals surface area contributed by atoms with E-state index in [2.05, 4.69) is 236 Å². The predicted octanol–water partition coefficient (Wildman–Crippen LogP) is 18.2. The number of nitrogens with zero attached hydrogens (tertiary/aromatic N) is 2. The second kappa shape index (κ2) is 18.2. The quantitative estimate of drug-likeness (QED) is 0.142.